The van der Waals surface area contributed by atoms with Crippen LogP contribution in [0.2, 0.25) is 5.02 Å². The number of anilines is 1. The van der Waals surface area contributed by atoms with E-state index in [1.165, 1.54) is 18.2 Å². The van der Waals surface area contributed by atoms with Crippen molar-refractivity contribution in [2.75, 3.05) is 5.32 Å². The second-order valence-electron chi connectivity index (χ2n) is 6.61. The smallest absolute Gasteiger partial charge is 0.292 e. The molecule has 4 rings (SSSR count). The number of halogens is 3. The highest BCUT2D eigenvalue weighted by molar-refractivity contribution is 6.30. The summed E-state index contributed by atoms with van der Waals surface area (Å²) in [4.78, 5) is 12.4. The third kappa shape index (κ3) is 5.29. The number of furan rings is 1. The van der Waals surface area contributed by atoms with Crippen LogP contribution in [0.3, 0.4) is 0 Å². The highest BCUT2D eigenvalue weighted by Gasteiger charge is 2.14. The molecule has 0 unspecified atom stereocenters. The fourth-order valence-electron chi connectivity index (χ4n) is 2.84. The maximum atomic E-state index is 13.6. The maximum Gasteiger partial charge on any atom is 0.292 e. The van der Waals surface area contributed by atoms with Gasteiger partial charge in [0.25, 0.3) is 5.91 Å². The van der Waals surface area contributed by atoms with Crippen LogP contribution in [0.5, 0.6) is 5.75 Å². The Balaban J connectivity index is 1.34. The highest BCUT2D eigenvalue weighted by atomic mass is 35.5. The summed E-state index contributed by atoms with van der Waals surface area (Å²) in [5.74, 6) is -1.42. The van der Waals surface area contributed by atoms with Gasteiger partial charge in [-0.05, 0) is 42.0 Å². The molecule has 0 spiro atoms. The van der Waals surface area contributed by atoms with Crippen LogP contribution in [0.15, 0.2) is 71.3 Å². The van der Waals surface area contributed by atoms with Gasteiger partial charge in [0.05, 0.1) is 6.54 Å². The van der Waals surface area contributed by atoms with Crippen molar-refractivity contribution in [1.82, 2.24) is 9.78 Å². The topological polar surface area (TPSA) is 69.3 Å². The first-order valence-electron chi connectivity index (χ1n) is 9.22. The van der Waals surface area contributed by atoms with E-state index < -0.39 is 17.5 Å². The second kappa shape index (κ2) is 9.01. The van der Waals surface area contributed by atoms with Crippen LogP contribution >= 0.6 is 11.6 Å². The fourth-order valence-corrected chi connectivity index (χ4v) is 3.05. The third-order valence-corrected chi connectivity index (χ3v) is 4.50. The summed E-state index contributed by atoms with van der Waals surface area (Å²) in [7, 11) is 0. The normalized spacial score (nSPS) is 10.8. The molecule has 4 aromatic rings. The first-order valence-corrected chi connectivity index (χ1v) is 9.60. The Kier molecular flexibility index (Phi) is 5.99. The SMILES string of the molecule is O=C(Nc1ccn(Cc2cccc(Cl)c2)n1)c1ccc(COc2ccc(F)cc2F)o1. The summed E-state index contributed by atoms with van der Waals surface area (Å²) >= 11 is 5.99. The van der Waals surface area contributed by atoms with Gasteiger partial charge in [0.1, 0.15) is 18.2 Å². The molecule has 2 heterocycles. The number of carbonyl (C=O) groups excluding carboxylic acids is 1. The van der Waals surface area contributed by atoms with Gasteiger partial charge in [-0.15, -0.1) is 0 Å². The molecule has 0 saturated heterocycles. The van der Waals surface area contributed by atoms with Crippen molar-refractivity contribution >= 4 is 23.3 Å². The summed E-state index contributed by atoms with van der Waals surface area (Å²) < 4.78 is 38.9. The van der Waals surface area contributed by atoms with E-state index >= 15 is 0 Å². The molecule has 6 nitrogen and oxygen atoms in total. The summed E-state index contributed by atoms with van der Waals surface area (Å²) in [6.07, 6.45) is 1.73. The molecule has 2 aromatic heterocycles. The Morgan fingerprint density at radius 2 is 2.00 bits per heavy atom. The van der Waals surface area contributed by atoms with Crippen LogP contribution in [0, 0.1) is 11.6 Å². The predicted molar refractivity (Wildman–Crippen MR) is 110 cm³/mol. The molecule has 1 N–H and O–H groups in total. The zero-order chi connectivity index (χ0) is 21.8. The first-order chi connectivity index (χ1) is 15.0. The molecule has 0 saturated carbocycles. The van der Waals surface area contributed by atoms with Gasteiger partial charge in [-0.3, -0.25) is 9.48 Å². The van der Waals surface area contributed by atoms with Gasteiger partial charge < -0.3 is 14.5 Å². The molecule has 0 atom stereocenters. The van der Waals surface area contributed by atoms with Crippen LogP contribution < -0.4 is 10.1 Å². The quantitative estimate of drug-likeness (QED) is 0.421. The lowest BCUT2D eigenvalue weighted by atomic mass is 10.2. The monoisotopic (exact) mass is 443 g/mol. The number of benzene rings is 2. The van der Waals surface area contributed by atoms with Gasteiger partial charge in [-0.1, -0.05) is 23.7 Å². The van der Waals surface area contributed by atoms with Gasteiger partial charge in [0, 0.05) is 23.4 Å². The van der Waals surface area contributed by atoms with Gasteiger partial charge in [-0.25, -0.2) is 8.78 Å². The number of amides is 1. The molecular weight excluding hydrogens is 428 g/mol. The van der Waals surface area contributed by atoms with Crippen molar-refractivity contribution in [3.8, 4) is 5.75 Å². The summed E-state index contributed by atoms with van der Waals surface area (Å²) in [5.41, 5.74) is 0.974. The molecule has 158 valence electrons. The standard InChI is InChI=1S/C22H16ClF2N3O3/c23-15-3-1-2-14(10-15)12-28-9-8-21(27-28)26-22(29)20-7-5-17(31-20)13-30-19-6-4-16(24)11-18(19)25/h1-11H,12-13H2,(H,26,27,29). The molecule has 0 radical (unpaired) electrons. The van der Waals surface area contributed by atoms with Gasteiger partial charge in [0.2, 0.25) is 0 Å². The number of rotatable bonds is 7. The van der Waals surface area contributed by atoms with Crippen molar-refractivity contribution < 1.29 is 22.7 Å². The minimum Gasteiger partial charge on any atom is -0.483 e. The Morgan fingerprint density at radius 3 is 2.81 bits per heavy atom. The molecule has 1 amide bonds. The number of carbonyl (C=O) groups is 1. The van der Waals surface area contributed by atoms with Crippen LogP contribution in [-0.2, 0) is 13.2 Å². The van der Waals surface area contributed by atoms with E-state index in [1.807, 2.05) is 18.2 Å². The lowest BCUT2D eigenvalue weighted by molar-refractivity contribution is 0.0992. The minimum absolute atomic E-state index is 0.0440. The number of hydrogen-bond acceptors (Lipinski definition) is 4. The number of ether oxygens (including phenoxy) is 1. The molecule has 0 fully saturated rings. The van der Waals surface area contributed by atoms with Crippen molar-refractivity contribution in [2.24, 2.45) is 0 Å². The Labute approximate surface area is 181 Å². The zero-order valence-electron chi connectivity index (χ0n) is 16.0. The Morgan fingerprint density at radius 1 is 1.13 bits per heavy atom. The van der Waals surface area contributed by atoms with E-state index in [1.54, 1.807) is 23.0 Å². The number of hydrogen-bond donors (Lipinski definition) is 1. The van der Waals surface area contributed by atoms with Crippen molar-refractivity contribution in [3.05, 3.63) is 101 Å². The number of nitrogens with zero attached hydrogens (tertiary/aromatic N) is 2. The zero-order valence-corrected chi connectivity index (χ0v) is 16.8. The molecule has 0 aliphatic heterocycles. The van der Waals surface area contributed by atoms with Crippen LogP contribution in [-0.4, -0.2) is 15.7 Å². The number of nitrogens with one attached hydrogen (secondary N) is 1. The molecular formula is C22H16ClF2N3O3. The lowest BCUT2D eigenvalue weighted by Gasteiger charge is -2.05. The lowest BCUT2D eigenvalue weighted by Crippen LogP contribution is -2.12. The van der Waals surface area contributed by atoms with E-state index in [-0.39, 0.29) is 18.1 Å². The van der Waals surface area contributed by atoms with E-state index in [9.17, 15) is 13.6 Å². The van der Waals surface area contributed by atoms with Crippen molar-refractivity contribution in [3.63, 3.8) is 0 Å². The van der Waals surface area contributed by atoms with E-state index in [4.69, 9.17) is 20.8 Å². The van der Waals surface area contributed by atoms with Crippen molar-refractivity contribution in [2.45, 2.75) is 13.2 Å². The summed E-state index contributed by atoms with van der Waals surface area (Å²) in [6.45, 7) is 0.378. The van der Waals surface area contributed by atoms with Crippen LogP contribution in [0.25, 0.3) is 0 Å². The van der Waals surface area contributed by atoms with E-state index in [2.05, 4.69) is 10.4 Å². The molecule has 0 aliphatic rings. The second-order valence-corrected chi connectivity index (χ2v) is 7.05. The average molecular weight is 444 g/mol. The fraction of sp³-hybridized carbons (Fsp3) is 0.0909. The predicted octanol–water partition coefficient (Wildman–Crippen LogP) is 5.29. The highest BCUT2D eigenvalue weighted by Crippen LogP contribution is 2.20. The molecule has 0 bridgehead atoms. The molecule has 0 aliphatic carbocycles. The summed E-state index contributed by atoms with van der Waals surface area (Å²) in [5, 5.41) is 7.59. The van der Waals surface area contributed by atoms with Crippen molar-refractivity contribution in [1.29, 1.82) is 0 Å². The van der Waals surface area contributed by atoms with Crippen LogP contribution in [0.1, 0.15) is 21.9 Å². The Bertz CT molecular complexity index is 1220. The molecule has 9 heteroatoms. The number of aromatic nitrogens is 2. The third-order valence-electron chi connectivity index (χ3n) is 4.27. The van der Waals surface area contributed by atoms with Gasteiger partial charge in [-0.2, -0.15) is 5.10 Å². The largest absolute Gasteiger partial charge is 0.483 e. The molecule has 2 aromatic carbocycles. The van der Waals surface area contributed by atoms with Gasteiger partial charge >= 0.3 is 0 Å². The Hall–Kier alpha value is -3.65. The minimum atomic E-state index is -0.821. The van der Waals surface area contributed by atoms with E-state index in [0.29, 0.717) is 23.1 Å². The van der Waals surface area contributed by atoms with E-state index in [0.717, 1.165) is 17.7 Å². The van der Waals surface area contributed by atoms with Gasteiger partial charge in [0.15, 0.2) is 23.1 Å². The van der Waals surface area contributed by atoms with Crippen LogP contribution in [0.4, 0.5) is 14.6 Å². The molecule has 31 heavy (non-hydrogen) atoms. The summed E-state index contributed by atoms with van der Waals surface area (Å²) in [6, 6.07) is 15.1. The maximum absolute atomic E-state index is 13.6. The first kappa shape index (κ1) is 20.6. The average Bonchev–Trinajstić information content (AvgIpc) is 3.37.